The molecule has 4 nitrogen and oxygen atoms in total. The summed E-state index contributed by atoms with van der Waals surface area (Å²) >= 11 is 3.29. The first-order valence-corrected chi connectivity index (χ1v) is 5.93. The summed E-state index contributed by atoms with van der Waals surface area (Å²) in [6.07, 6.45) is 1.84. The van der Waals surface area contributed by atoms with Crippen molar-refractivity contribution in [3.8, 4) is 0 Å². The topological polar surface area (TPSA) is 53.9 Å². The number of furan rings is 1. The van der Waals surface area contributed by atoms with Crippen LogP contribution in [0.4, 0.5) is 0 Å². The molecule has 0 fully saturated rings. The molecule has 16 heavy (non-hydrogen) atoms. The van der Waals surface area contributed by atoms with Crippen LogP contribution in [0.2, 0.25) is 0 Å². The molecule has 5 heteroatoms. The Morgan fingerprint density at radius 1 is 1.56 bits per heavy atom. The standard InChI is InChI=1S/C11H14BrN3O/c1-7-9(6-14-15-7)5-13-8(2)10-3-4-11(12)16-10/h3-4,6,8,13H,5H2,1-2H3,(H,14,15). The number of halogens is 1. The Kier molecular flexibility index (Phi) is 3.46. The van der Waals surface area contributed by atoms with Crippen molar-refractivity contribution in [1.82, 2.24) is 15.5 Å². The van der Waals surface area contributed by atoms with Gasteiger partial charge in [-0.05, 0) is 41.9 Å². The molecule has 1 atom stereocenters. The highest BCUT2D eigenvalue weighted by molar-refractivity contribution is 9.10. The summed E-state index contributed by atoms with van der Waals surface area (Å²) in [6.45, 7) is 4.86. The van der Waals surface area contributed by atoms with E-state index in [4.69, 9.17) is 4.42 Å². The Hall–Kier alpha value is -1.07. The minimum atomic E-state index is 0.181. The Labute approximate surface area is 103 Å². The summed E-state index contributed by atoms with van der Waals surface area (Å²) in [5.74, 6) is 0.924. The molecule has 0 bridgehead atoms. The van der Waals surface area contributed by atoms with Gasteiger partial charge in [0.25, 0.3) is 0 Å². The SMILES string of the molecule is Cc1[nH]ncc1CNC(C)c1ccc(Br)o1. The Morgan fingerprint density at radius 3 is 2.94 bits per heavy atom. The van der Waals surface area contributed by atoms with Gasteiger partial charge in [0.1, 0.15) is 5.76 Å². The minimum Gasteiger partial charge on any atom is -0.453 e. The maximum absolute atomic E-state index is 5.48. The van der Waals surface area contributed by atoms with Gasteiger partial charge in [-0.3, -0.25) is 5.10 Å². The van der Waals surface area contributed by atoms with Crippen molar-refractivity contribution >= 4 is 15.9 Å². The average molecular weight is 284 g/mol. The second-order valence-electron chi connectivity index (χ2n) is 3.76. The average Bonchev–Trinajstić information content (AvgIpc) is 2.84. The van der Waals surface area contributed by atoms with Crippen molar-refractivity contribution < 1.29 is 4.42 Å². The lowest BCUT2D eigenvalue weighted by Gasteiger charge is -2.10. The van der Waals surface area contributed by atoms with Crippen molar-refractivity contribution in [2.24, 2.45) is 0 Å². The van der Waals surface area contributed by atoms with E-state index in [1.165, 1.54) is 5.56 Å². The molecule has 86 valence electrons. The van der Waals surface area contributed by atoms with Crippen molar-refractivity contribution in [3.05, 3.63) is 40.0 Å². The minimum absolute atomic E-state index is 0.181. The predicted octanol–water partition coefficient (Wildman–Crippen LogP) is 2.92. The highest BCUT2D eigenvalue weighted by Crippen LogP contribution is 2.20. The van der Waals surface area contributed by atoms with Gasteiger partial charge in [0, 0.05) is 17.8 Å². The number of aromatic amines is 1. The van der Waals surface area contributed by atoms with Crippen LogP contribution in [0.15, 0.2) is 27.4 Å². The molecule has 2 heterocycles. The zero-order valence-electron chi connectivity index (χ0n) is 9.25. The van der Waals surface area contributed by atoms with Crippen LogP contribution in [0.25, 0.3) is 0 Å². The van der Waals surface area contributed by atoms with Crippen LogP contribution in [0, 0.1) is 6.92 Å². The molecular formula is C11H14BrN3O. The van der Waals surface area contributed by atoms with Gasteiger partial charge < -0.3 is 9.73 Å². The molecule has 0 spiro atoms. The van der Waals surface area contributed by atoms with Crippen LogP contribution < -0.4 is 5.32 Å². The summed E-state index contributed by atoms with van der Waals surface area (Å²) in [6, 6.07) is 4.04. The van der Waals surface area contributed by atoms with Gasteiger partial charge in [-0.2, -0.15) is 5.10 Å². The van der Waals surface area contributed by atoms with Crippen LogP contribution in [0.3, 0.4) is 0 Å². The molecule has 0 aliphatic carbocycles. The van der Waals surface area contributed by atoms with Gasteiger partial charge in [0.05, 0.1) is 12.2 Å². The second kappa shape index (κ2) is 4.84. The summed E-state index contributed by atoms with van der Waals surface area (Å²) < 4.78 is 6.24. The Bertz CT molecular complexity index is 463. The number of hydrogen-bond acceptors (Lipinski definition) is 3. The van der Waals surface area contributed by atoms with E-state index in [0.29, 0.717) is 0 Å². The summed E-state index contributed by atoms with van der Waals surface area (Å²) in [4.78, 5) is 0. The van der Waals surface area contributed by atoms with E-state index in [0.717, 1.165) is 22.7 Å². The molecule has 1 unspecified atom stereocenters. The van der Waals surface area contributed by atoms with Crippen molar-refractivity contribution in [1.29, 1.82) is 0 Å². The first-order chi connectivity index (χ1) is 7.66. The van der Waals surface area contributed by atoms with E-state index in [-0.39, 0.29) is 6.04 Å². The number of H-pyrrole nitrogens is 1. The van der Waals surface area contributed by atoms with Gasteiger partial charge in [0.2, 0.25) is 0 Å². The van der Waals surface area contributed by atoms with Crippen molar-refractivity contribution in [2.75, 3.05) is 0 Å². The molecular weight excluding hydrogens is 270 g/mol. The molecule has 0 radical (unpaired) electrons. The monoisotopic (exact) mass is 283 g/mol. The third-order valence-corrected chi connectivity index (χ3v) is 2.98. The number of aryl methyl sites for hydroxylation is 1. The number of hydrogen-bond donors (Lipinski definition) is 2. The van der Waals surface area contributed by atoms with E-state index in [9.17, 15) is 0 Å². The largest absolute Gasteiger partial charge is 0.453 e. The molecule has 0 saturated heterocycles. The molecule has 0 saturated carbocycles. The summed E-state index contributed by atoms with van der Waals surface area (Å²) in [7, 11) is 0. The number of nitrogens with zero attached hydrogens (tertiary/aromatic N) is 1. The number of nitrogens with one attached hydrogen (secondary N) is 2. The maximum atomic E-state index is 5.48. The molecule has 0 aliphatic heterocycles. The maximum Gasteiger partial charge on any atom is 0.169 e. The molecule has 2 rings (SSSR count). The fourth-order valence-electron chi connectivity index (χ4n) is 1.48. The lowest BCUT2D eigenvalue weighted by Crippen LogP contribution is -2.17. The Balaban J connectivity index is 1.93. The summed E-state index contributed by atoms with van der Waals surface area (Å²) in [5.41, 5.74) is 2.28. The highest BCUT2D eigenvalue weighted by atomic mass is 79.9. The van der Waals surface area contributed by atoms with Crippen LogP contribution in [0.5, 0.6) is 0 Å². The lowest BCUT2D eigenvalue weighted by molar-refractivity contribution is 0.417. The van der Waals surface area contributed by atoms with Gasteiger partial charge >= 0.3 is 0 Å². The van der Waals surface area contributed by atoms with Crippen LogP contribution in [0.1, 0.15) is 30.0 Å². The third kappa shape index (κ3) is 2.54. The zero-order valence-corrected chi connectivity index (χ0v) is 10.8. The summed E-state index contributed by atoms with van der Waals surface area (Å²) in [5, 5.41) is 10.3. The second-order valence-corrected chi connectivity index (χ2v) is 4.55. The Morgan fingerprint density at radius 2 is 2.38 bits per heavy atom. The predicted molar refractivity (Wildman–Crippen MR) is 65.0 cm³/mol. The zero-order chi connectivity index (χ0) is 11.5. The van der Waals surface area contributed by atoms with E-state index < -0.39 is 0 Å². The molecule has 0 aliphatic rings. The first kappa shape index (κ1) is 11.4. The van der Waals surface area contributed by atoms with Crippen LogP contribution in [-0.2, 0) is 6.54 Å². The van der Waals surface area contributed by atoms with E-state index >= 15 is 0 Å². The van der Waals surface area contributed by atoms with E-state index in [2.05, 4.69) is 38.4 Å². The quantitative estimate of drug-likeness (QED) is 0.907. The van der Waals surface area contributed by atoms with Crippen LogP contribution >= 0.6 is 15.9 Å². The molecule has 0 amide bonds. The van der Waals surface area contributed by atoms with Gasteiger partial charge in [-0.1, -0.05) is 0 Å². The molecule has 0 aromatic carbocycles. The van der Waals surface area contributed by atoms with E-state index in [1.807, 2.05) is 25.3 Å². The van der Waals surface area contributed by atoms with Gasteiger partial charge in [-0.25, -0.2) is 0 Å². The number of rotatable bonds is 4. The van der Waals surface area contributed by atoms with Crippen molar-refractivity contribution in [3.63, 3.8) is 0 Å². The molecule has 2 aromatic heterocycles. The normalized spacial score (nSPS) is 12.9. The smallest absolute Gasteiger partial charge is 0.169 e. The number of aromatic nitrogens is 2. The van der Waals surface area contributed by atoms with Gasteiger partial charge in [-0.15, -0.1) is 0 Å². The third-order valence-electron chi connectivity index (χ3n) is 2.55. The molecule has 2 aromatic rings. The highest BCUT2D eigenvalue weighted by Gasteiger charge is 2.10. The molecule has 2 N–H and O–H groups in total. The van der Waals surface area contributed by atoms with Gasteiger partial charge in [0.15, 0.2) is 4.67 Å². The fraction of sp³-hybridized carbons (Fsp3) is 0.364. The lowest BCUT2D eigenvalue weighted by atomic mass is 10.2. The fourth-order valence-corrected chi connectivity index (χ4v) is 1.80. The first-order valence-electron chi connectivity index (χ1n) is 5.14. The van der Waals surface area contributed by atoms with Crippen molar-refractivity contribution in [2.45, 2.75) is 26.4 Å². The van der Waals surface area contributed by atoms with Crippen LogP contribution in [-0.4, -0.2) is 10.2 Å². The van der Waals surface area contributed by atoms with E-state index in [1.54, 1.807) is 0 Å².